The van der Waals surface area contributed by atoms with Crippen LogP contribution in [-0.4, -0.2) is 54.4 Å². The highest BCUT2D eigenvalue weighted by Crippen LogP contribution is 2.56. The molecule has 1 aromatic heterocycles. The third kappa shape index (κ3) is 8.43. The van der Waals surface area contributed by atoms with Crippen LogP contribution in [0.4, 0.5) is 18.9 Å². The third-order valence-electron chi connectivity index (χ3n) is 8.25. The Labute approximate surface area is 298 Å². The molecule has 1 aliphatic heterocycles. The van der Waals surface area contributed by atoms with Crippen LogP contribution in [0.5, 0.6) is 5.75 Å². The average molecular weight is 721 g/mol. The number of hydrogen-bond donors (Lipinski definition) is 0. The Morgan fingerprint density at radius 1 is 1.04 bits per heavy atom. The fraction of sp³-hybridized carbons (Fsp3) is 0.378. The monoisotopic (exact) mass is 720 g/mol. The molecule has 2 heterocycles. The summed E-state index contributed by atoms with van der Waals surface area (Å²) in [5.74, 6) is 1.87. The largest absolute Gasteiger partial charge is 0.573 e. The standard InChI is InChI=1S/C37H39F3N6O2S2/c1-23(2)21-49-34(43-35-46(33(47)36(50-35)17-18-36)31-20-25(5)6-15-30(31)24(3)4)41-19-16-26-7-9-27(10-8-26)32-42-22-45(44-32)28-11-13-29(14-12-28)48-37(38,39)40/h6-15,20,22-24H,16-19,21H2,1-5H3/b41-34-,43-35-. The number of amidine groups is 2. The van der Waals surface area contributed by atoms with E-state index in [2.05, 4.69) is 67.6 Å². The van der Waals surface area contributed by atoms with Gasteiger partial charge in [-0.2, -0.15) is 4.99 Å². The molecule has 0 atom stereocenters. The first-order valence-electron chi connectivity index (χ1n) is 16.6. The molecule has 2 fully saturated rings. The molecule has 6 rings (SSSR count). The molecule has 1 saturated heterocycles. The quantitative estimate of drug-likeness (QED) is 0.120. The molecular formula is C37H39F3N6O2S2. The number of halogens is 3. The molecule has 1 aliphatic carbocycles. The number of carbonyl (C=O) groups is 1. The number of anilines is 1. The molecule has 2 aliphatic rings. The fourth-order valence-electron chi connectivity index (χ4n) is 5.46. The number of aromatic nitrogens is 3. The number of aliphatic imine (C=N–C) groups is 2. The molecule has 4 aromatic rings. The van der Waals surface area contributed by atoms with Gasteiger partial charge in [0.2, 0.25) is 5.91 Å². The van der Waals surface area contributed by atoms with Crippen LogP contribution in [0.3, 0.4) is 0 Å². The first kappa shape index (κ1) is 35.7. The number of alkyl halides is 3. The van der Waals surface area contributed by atoms with Crippen molar-refractivity contribution in [2.75, 3.05) is 17.2 Å². The van der Waals surface area contributed by atoms with Crippen molar-refractivity contribution in [2.24, 2.45) is 15.9 Å². The molecular weight excluding hydrogens is 682 g/mol. The zero-order valence-corrected chi connectivity index (χ0v) is 30.2. The van der Waals surface area contributed by atoms with Crippen LogP contribution in [-0.2, 0) is 11.2 Å². The summed E-state index contributed by atoms with van der Waals surface area (Å²) in [5, 5.41) is 5.88. The zero-order valence-electron chi connectivity index (χ0n) is 28.6. The lowest BCUT2D eigenvalue weighted by Crippen LogP contribution is -2.34. The molecule has 0 unspecified atom stereocenters. The first-order valence-corrected chi connectivity index (χ1v) is 18.4. The van der Waals surface area contributed by atoms with E-state index in [4.69, 9.17) is 9.98 Å². The highest BCUT2D eigenvalue weighted by atomic mass is 32.2. The van der Waals surface area contributed by atoms with Crippen molar-refractivity contribution in [1.29, 1.82) is 0 Å². The Kier molecular flexibility index (Phi) is 10.5. The summed E-state index contributed by atoms with van der Waals surface area (Å²) in [6, 6.07) is 19.7. The zero-order chi connectivity index (χ0) is 35.6. The SMILES string of the molecule is Cc1ccc(C(C)C)c(N2C(=O)C3(CC3)S/C2=N\C(=N\CCc2ccc(-c3ncn(-c4ccc(OC(F)(F)F)cc4)n3)cc2)SCC(C)C)c1. The lowest BCUT2D eigenvalue weighted by Gasteiger charge is -2.22. The number of hydrogen-bond acceptors (Lipinski definition) is 7. The van der Waals surface area contributed by atoms with Crippen molar-refractivity contribution in [3.8, 4) is 22.8 Å². The van der Waals surface area contributed by atoms with Crippen molar-refractivity contribution in [3.63, 3.8) is 0 Å². The molecule has 0 N–H and O–H groups in total. The summed E-state index contributed by atoms with van der Waals surface area (Å²) in [6.07, 6.45) is -0.817. The summed E-state index contributed by atoms with van der Waals surface area (Å²) in [4.78, 5) is 30.1. The van der Waals surface area contributed by atoms with Gasteiger partial charge in [0.15, 0.2) is 16.2 Å². The Hall–Kier alpha value is -4.10. The van der Waals surface area contributed by atoms with Gasteiger partial charge in [0, 0.05) is 17.9 Å². The summed E-state index contributed by atoms with van der Waals surface area (Å²) in [7, 11) is 0. The van der Waals surface area contributed by atoms with Crippen LogP contribution in [0.25, 0.3) is 17.1 Å². The number of nitrogens with zero attached hydrogens (tertiary/aromatic N) is 6. The number of benzene rings is 3. The van der Waals surface area contributed by atoms with E-state index >= 15 is 0 Å². The Balaban J connectivity index is 1.17. The van der Waals surface area contributed by atoms with Crippen molar-refractivity contribution in [2.45, 2.75) is 70.9 Å². The normalized spacial score (nSPS) is 16.8. The third-order valence-corrected chi connectivity index (χ3v) is 11.0. The number of carbonyl (C=O) groups excluding carboxylic acids is 1. The van der Waals surface area contributed by atoms with Crippen molar-refractivity contribution in [1.82, 2.24) is 14.8 Å². The minimum Gasteiger partial charge on any atom is -0.406 e. The van der Waals surface area contributed by atoms with Gasteiger partial charge >= 0.3 is 6.36 Å². The van der Waals surface area contributed by atoms with Gasteiger partial charge in [0.25, 0.3) is 0 Å². The van der Waals surface area contributed by atoms with Gasteiger partial charge in [-0.15, -0.1) is 18.3 Å². The lowest BCUT2D eigenvalue weighted by molar-refractivity contribution is -0.274. The van der Waals surface area contributed by atoms with Gasteiger partial charge in [-0.1, -0.05) is 87.6 Å². The molecule has 50 heavy (non-hydrogen) atoms. The van der Waals surface area contributed by atoms with E-state index in [0.717, 1.165) is 46.5 Å². The van der Waals surface area contributed by atoms with Crippen LogP contribution < -0.4 is 9.64 Å². The van der Waals surface area contributed by atoms with Crippen molar-refractivity contribution in [3.05, 3.63) is 89.7 Å². The average Bonchev–Trinajstić information content (AvgIpc) is 3.58. The second-order valence-electron chi connectivity index (χ2n) is 13.2. The Morgan fingerprint density at radius 3 is 2.40 bits per heavy atom. The van der Waals surface area contributed by atoms with E-state index in [1.54, 1.807) is 23.5 Å². The summed E-state index contributed by atoms with van der Waals surface area (Å²) in [6.45, 7) is 11.2. The van der Waals surface area contributed by atoms with Gasteiger partial charge in [0.05, 0.1) is 11.4 Å². The molecule has 13 heteroatoms. The minimum absolute atomic E-state index is 0.120. The Bertz CT molecular complexity index is 1900. The van der Waals surface area contributed by atoms with E-state index in [1.807, 2.05) is 29.2 Å². The van der Waals surface area contributed by atoms with Crippen LogP contribution in [0.1, 0.15) is 63.1 Å². The predicted molar refractivity (Wildman–Crippen MR) is 197 cm³/mol. The van der Waals surface area contributed by atoms with Crippen LogP contribution >= 0.6 is 23.5 Å². The van der Waals surface area contributed by atoms with E-state index in [1.165, 1.54) is 35.3 Å². The van der Waals surface area contributed by atoms with Crippen LogP contribution in [0, 0.1) is 12.8 Å². The number of aryl methyl sites for hydroxylation is 1. The van der Waals surface area contributed by atoms with Crippen molar-refractivity contribution < 1.29 is 22.7 Å². The molecule has 1 spiro atoms. The van der Waals surface area contributed by atoms with Crippen molar-refractivity contribution >= 4 is 45.5 Å². The minimum atomic E-state index is -4.75. The predicted octanol–water partition coefficient (Wildman–Crippen LogP) is 9.22. The number of amides is 1. The van der Waals surface area contributed by atoms with Gasteiger partial charge in [-0.3, -0.25) is 14.7 Å². The van der Waals surface area contributed by atoms with Crippen LogP contribution in [0.15, 0.2) is 83.0 Å². The van der Waals surface area contributed by atoms with Gasteiger partial charge in [-0.05, 0) is 85.0 Å². The number of rotatable bonds is 10. The van der Waals surface area contributed by atoms with Gasteiger partial charge < -0.3 is 4.74 Å². The first-order chi connectivity index (χ1) is 23.8. The van der Waals surface area contributed by atoms with Crippen LogP contribution in [0.2, 0.25) is 0 Å². The molecule has 0 bridgehead atoms. The molecule has 1 amide bonds. The highest BCUT2D eigenvalue weighted by molar-refractivity contribution is 8.17. The van der Waals surface area contributed by atoms with E-state index in [-0.39, 0.29) is 17.6 Å². The van der Waals surface area contributed by atoms with E-state index < -0.39 is 11.1 Å². The van der Waals surface area contributed by atoms with E-state index in [0.29, 0.717) is 40.7 Å². The summed E-state index contributed by atoms with van der Waals surface area (Å²) >= 11 is 3.21. The van der Waals surface area contributed by atoms with Gasteiger partial charge in [0.1, 0.15) is 16.8 Å². The number of ether oxygens (including phenoxy) is 1. The number of thioether (sulfide) groups is 2. The molecule has 1 saturated carbocycles. The van der Waals surface area contributed by atoms with Gasteiger partial charge in [-0.25, -0.2) is 9.67 Å². The molecule has 8 nitrogen and oxygen atoms in total. The molecule has 0 radical (unpaired) electrons. The fourth-order valence-corrected chi connectivity index (χ4v) is 7.58. The molecule has 3 aromatic carbocycles. The summed E-state index contributed by atoms with van der Waals surface area (Å²) < 4.78 is 42.5. The maximum absolute atomic E-state index is 13.8. The topological polar surface area (TPSA) is 85.0 Å². The Morgan fingerprint density at radius 2 is 1.76 bits per heavy atom. The smallest absolute Gasteiger partial charge is 0.406 e. The maximum atomic E-state index is 13.8. The lowest BCUT2D eigenvalue weighted by atomic mass is 9.98. The summed E-state index contributed by atoms with van der Waals surface area (Å²) in [5.41, 5.74) is 5.59. The second kappa shape index (κ2) is 14.6. The van der Waals surface area contributed by atoms with E-state index in [9.17, 15) is 18.0 Å². The molecule has 262 valence electrons. The maximum Gasteiger partial charge on any atom is 0.573 e. The highest BCUT2D eigenvalue weighted by Gasteiger charge is 2.60. The second-order valence-corrected chi connectivity index (χ2v) is 15.6.